The summed E-state index contributed by atoms with van der Waals surface area (Å²) in [7, 11) is 0. The summed E-state index contributed by atoms with van der Waals surface area (Å²) in [5.41, 5.74) is 1.84. The van der Waals surface area contributed by atoms with E-state index in [1.165, 1.54) is 12.8 Å². The zero-order valence-corrected chi connectivity index (χ0v) is 12.3. The molecule has 0 unspecified atom stereocenters. The number of anilines is 1. The van der Waals surface area contributed by atoms with Crippen LogP contribution in [-0.4, -0.2) is 30.4 Å². The van der Waals surface area contributed by atoms with Crippen LogP contribution in [0.5, 0.6) is 0 Å². The predicted octanol–water partition coefficient (Wildman–Crippen LogP) is 3.32. The first-order valence-electron chi connectivity index (χ1n) is 6.83. The first kappa shape index (κ1) is 14.4. The molecule has 1 aromatic carbocycles. The lowest BCUT2D eigenvalue weighted by molar-refractivity contribution is -0.117. The lowest BCUT2D eigenvalue weighted by Crippen LogP contribution is -2.38. The molecule has 1 aliphatic heterocycles. The highest BCUT2D eigenvalue weighted by atomic mass is 35.5. The number of rotatable bonds is 3. The van der Waals surface area contributed by atoms with Crippen molar-refractivity contribution in [1.29, 1.82) is 0 Å². The van der Waals surface area contributed by atoms with Crippen LogP contribution in [0.25, 0.3) is 0 Å². The molecule has 1 fully saturated rings. The fourth-order valence-electron chi connectivity index (χ4n) is 2.34. The smallest absolute Gasteiger partial charge is 0.238 e. The van der Waals surface area contributed by atoms with Gasteiger partial charge in [0.15, 0.2) is 0 Å². The van der Waals surface area contributed by atoms with Gasteiger partial charge in [-0.15, -0.1) is 0 Å². The fraction of sp³-hybridized carbons (Fsp3) is 0.533. The third kappa shape index (κ3) is 4.22. The molecule has 4 heteroatoms. The molecule has 0 aliphatic carbocycles. The van der Waals surface area contributed by atoms with Gasteiger partial charge in [-0.3, -0.25) is 9.69 Å². The highest BCUT2D eigenvalue weighted by molar-refractivity contribution is 6.31. The maximum atomic E-state index is 12.0. The van der Waals surface area contributed by atoms with Crippen molar-refractivity contribution in [3.8, 4) is 0 Å². The molecular weight excluding hydrogens is 260 g/mol. The molecule has 0 aromatic heterocycles. The quantitative estimate of drug-likeness (QED) is 0.921. The van der Waals surface area contributed by atoms with E-state index in [2.05, 4.69) is 17.1 Å². The molecule has 0 spiro atoms. The number of hydrogen-bond acceptors (Lipinski definition) is 2. The van der Waals surface area contributed by atoms with Gasteiger partial charge in [-0.2, -0.15) is 0 Å². The van der Waals surface area contributed by atoms with Crippen LogP contribution < -0.4 is 5.32 Å². The second-order valence-corrected chi connectivity index (χ2v) is 5.90. The molecule has 0 bridgehead atoms. The Morgan fingerprint density at radius 3 is 2.79 bits per heavy atom. The summed E-state index contributed by atoms with van der Waals surface area (Å²) in [5, 5.41) is 3.59. The van der Waals surface area contributed by atoms with Gasteiger partial charge in [0.1, 0.15) is 0 Å². The Hall–Kier alpha value is -1.06. The zero-order valence-electron chi connectivity index (χ0n) is 11.6. The van der Waals surface area contributed by atoms with Gasteiger partial charge in [-0.1, -0.05) is 24.6 Å². The Morgan fingerprint density at radius 1 is 1.42 bits per heavy atom. The number of hydrogen-bond donors (Lipinski definition) is 1. The van der Waals surface area contributed by atoms with Crippen LogP contribution in [0.4, 0.5) is 5.69 Å². The Morgan fingerprint density at radius 2 is 2.11 bits per heavy atom. The standard InChI is InChI=1S/C15H21ClN2O/c1-11-5-7-18(8-6-11)10-15(19)17-14-9-13(16)4-3-12(14)2/h3-4,9,11H,5-8,10H2,1-2H3,(H,17,19). The largest absolute Gasteiger partial charge is 0.325 e. The van der Waals surface area contributed by atoms with Crippen molar-refractivity contribution in [2.75, 3.05) is 25.0 Å². The van der Waals surface area contributed by atoms with E-state index in [1.807, 2.05) is 19.1 Å². The Labute approximate surface area is 119 Å². The average molecular weight is 281 g/mol. The van der Waals surface area contributed by atoms with Crippen LogP contribution in [0.3, 0.4) is 0 Å². The SMILES string of the molecule is Cc1ccc(Cl)cc1NC(=O)CN1CCC(C)CC1. The molecule has 0 atom stereocenters. The summed E-state index contributed by atoms with van der Waals surface area (Å²) in [4.78, 5) is 14.2. The number of carbonyl (C=O) groups is 1. The Bertz CT molecular complexity index is 453. The average Bonchev–Trinajstić information content (AvgIpc) is 2.37. The number of nitrogens with zero attached hydrogens (tertiary/aromatic N) is 1. The molecule has 0 radical (unpaired) electrons. The van der Waals surface area contributed by atoms with Crippen LogP contribution in [0, 0.1) is 12.8 Å². The topological polar surface area (TPSA) is 32.3 Å². The maximum Gasteiger partial charge on any atom is 0.238 e. The number of piperidine rings is 1. The van der Waals surface area contributed by atoms with Gasteiger partial charge in [-0.05, 0) is 56.5 Å². The molecule has 2 rings (SSSR count). The van der Waals surface area contributed by atoms with Gasteiger partial charge < -0.3 is 5.32 Å². The number of halogens is 1. The number of nitrogens with one attached hydrogen (secondary N) is 1. The molecule has 104 valence electrons. The Balaban J connectivity index is 1.89. The van der Waals surface area contributed by atoms with Crippen molar-refractivity contribution < 1.29 is 4.79 Å². The fourth-order valence-corrected chi connectivity index (χ4v) is 2.51. The number of amides is 1. The highest BCUT2D eigenvalue weighted by Crippen LogP contribution is 2.20. The minimum Gasteiger partial charge on any atom is -0.325 e. The lowest BCUT2D eigenvalue weighted by atomic mass is 9.99. The van der Waals surface area contributed by atoms with E-state index in [1.54, 1.807) is 6.07 Å². The van der Waals surface area contributed by atoms with Crippen LogP contribution in [0.1, 0.15) is 25.3 Å². The van der Waals surface area contributed by atoms with E-state index >= 15 is 0 Å². The molecule has 1 amide bonds. The van der Waals surface area contributed by atoms with Crippen LogP contribution in [0.15, 0.2) is 18.2 Å². The second kappa shape index (κ2) is 6.40. The number of likely N-dealkylation sites (tertiary alicyclic amines) is 1. The van der Waals surface area contributed by atoms with Crippen LogP contribution in [0.2, 0.25) is 5.02 Å². The summed E-state index contributed by atoms with van der Waals surface area (Å²) in [5.74, 6) is 0.828. The van der Waals surface area contributed by atoms with Crippen molar-refractivity contribution in [3.63, 3.8) is 0 Å². The lowest BCUT2D eigenvalue weighted by Gasteiger charge is -2.29. The van der Waals surface area contributed by atoms with Crippen molar-refractivity contribution in [1.82, 2.24) is 4.90 Å². The maximum absolute atomic E-state index is 12.0. The van der Waals surface area contributed by atoms with Crippen molar-refractivity contribution in [2.24, 2.45) is 5.92 Å². The number of aryl methyl sites for hydroxylation is 1. The summed E-state index contributed by atoms with van der Waals surface area (Å²) in [6.07, 6.45) is 2.37. The first-order chi connectivity index (χ1) is 9.04. The minimum atomic E-state index is 0.0416. The van der Waals surface area contributed by atoms with Crippen LogP contribution >= 0.6 is 11.6 Å². The van der Waals surface area contributed by atoms with Gasteiger partial charge in [0.25, 0.3) is 0 Å². The van der Waals surface area contributed by atoms with Gasteiger partial charge in [0.05, 0.1) is 6.54 Å². The van der Waals surface area contributed by atoms with E-state index in [0.29, 0.717) is 11.6 Å². The molecule has 1 N–H and O–H groups in total. The predicted molar refractivity (Wildman–Crippen MR) is 79.7 cm³/mol. The molecular formula is C15H21ClN2O. The second-order valence-electron chi connectivity index (χ2n) is 5.47. The highest BCUT2D eigenvalue weighted by Gasteiger charge is 2.18. The van der Waals surface area contributed by atoms with E-state index in [-0.39, 0.29) is 5.91 Å². The first-order valence-corrected chi connectivity index (χ1v) is 7.21. The van der Waals surface area contributed by atoms with E-state index in [4.69, 9.17) is 11.6 Å². The summed E-state index contributed by atoms with van der Waals surface area (Å²) in [6, 6.07) is 5.55. The van der Waals surface area contributed by atoms with E-state index in [0.717, 1.165) is 30.3 Å². The molecule has 1 heterocycles. The number of carbonyl (C=O) groups excluding carboxylic acids is 1. The monoisotopic (exact) mass is 280 g/mol. The molecule has 3 nitrogen and oxygen atoms in total. The van der Waals surface area contributed by atoms with Gasteiger partial charge in [-0.25, -0.2) is 0 Å². The Kier molecular flexibility index (Phi) is 4.83. The molecule has 19 heavy (non-hydrogen) atoms. The summed E-state index contributed by atoms with van der Waals surface area (Å²) >= 11 is 5.95. The molecule has 1 aliphatic rings. The minimum absolute atomic E-state index is 0.0416. The van der Waals surface area contributed by atoms with Crippen LogP contribution in [-0.2, 0) is 4.79 Å². The third-order valence-corrected chi connectivity index (χ3v) is 3.95. The van der Waals surface area contributed by atoms with Gasteiger partial charge >= 0.3 is 0 Å². The normalized spacial score (nSPS) is 17.4. The summed E-state index contributed by atoms with van der Waals surface area (Å²) in [6.45, 7) is 6.74. The van der Waals surface area contributed by atoms with E-state index in [9.17, 15) is 4.79 Å². The third-order valence-electron chi connectivity index (χ3n) is 3.72. The van der Waals surface area contributed by atoms with Crippen molar-refractivity contribution in [3.05, 3.63) is 28.8 Å². The molecule has 1 aromatic rings. The number of benzene rings is 1. The summed E-state index contributed by atoms with van der Waals surface area (Å²) < 4.78 is 0. The van der Waals surface area contributed by atoms with Gasteiger partial charge in [0.2, 0.25) is 5.91 Å². The molecule has 1 saturated heterocycles. The molecule has 0 saturated carbocycles. The van der Waals surface area contributed by atoms with E-state index < -0.39 is 0 Å². The zero-order chi connectivity index (χ0) is 13.8. The van der Waals surface area contributed by atoms with Gasteiger partial charge in [0, 0.05) is 10.7 Å². The van der Waals surface area contributed by atoms with Crippen molar-refractivity contribution in [2.45, 2.75) is 26.7 Å². The van der Waals surface area contributed by atoms with Crippen molar-refractivity contribution >= 4 is 23.2 Å².